The Morgan fingerprint density at radius 1 is 1.35 bits per heavy atom. The normalized spacial score (nSPS) is 11.5. The van der Waals surface area contributed by atoms with Crippen molar-refractivity contribution in [1.29, 1.82) is 0 Å². The molecule has 0 radical (unpaired) electrons. The van der Waals surface area contributed by atoms with Gasteiger partial charge in [0.05, 0.1) is 7.11 Å². The summed E-state index contributed by atoms with van der Waals surface area (Å²) in [7, 11) is 1.59. The molecule has 0 aromatic heterocycles. The van der Waals surface area contributed by atoms with Gasteiger partial charge in [0.15, 0.2) is 0 Å². The lowest BCUT2D eigenvalue weighted by atomic mass is 9.90. The molecule has 96 valence electrons. The molecule has 1 rings (SSSR count). The van der Waals surface area contributed by atoms with E-state index >= 15 is 0 Å². The van der Waals surface area contributed by atoms with E-state index in [1.165, 1.54) is 0 Å². The molecule has 0 aliphatic carbocycles. The van der Waals surface area contributed by atoms with Crippen LogP contribution in [-0.2, 0) is 6.54 Å². The lowest BCUT2D eigenvalue weighted by Crippen LogP contribution is -2.28. The first-order valence-electron chi connectivity index (χ1n) is 6.05. The van der Waals surface area contributed by atoms with Crippen molar-refractivity contribution >= 4 is 0 Å². The van der Waals surface area contributed by atoms with E-state index in [0.29, 0.717) is 17.7 Å². The molecule has 0 saturated heterocycles. The quantitative estimate of drug-likeness (QED) is 0.799. The molecule has 1 aromatic carbocycles. The van der Waals surface area contributed by atoms with Gasteiger partial charge in [-0.05, 0) is 17.9 Å². The standard InChI is InChI=1S/C14H23NO2/c1-5-14(2,3)10-15-9-11-6-7-12(17-4)8-13(11)16/h6-8,15-16H,5,9-10H2,1-4H3. The van der Waals surface area contributed by atoms with E-state index in [2.05, 4.69) is 26.1 Å². The number of ether oxygens (including phenoxy) is 1. The van der Waals surface area contributed by atoms with E-state index in [9.17, 15) is 5.11 Å². The van der Waals surface area contributed by atoms with Gasteiger partial charge in [0, 0.05) is 24.7 Å². The van der Waals surface area contributed by atoms with Crippen LogP contribution in [0.15, 0.2) is 18.2 Å². The van der Waals surface area contributed by atoms with Crippen LogP contribution in [-0.4, -0.2) is 18.8 Å². The van der Waals surface area contributed by atoms with Crippen molar-refractivity contribution in [3.05, 3.63) is 23.8 Å². The molecule has 0 unspecified atom stereocenters. The fourth-order valence-electron chi connectivity index (χ4n) is 1.48. The van der Waals surface area contributed by atoms with Crippen LogP contribution in [0.25, 0.3) is 0 Å². The van der Waals surface area contributed by atoms with E-state index < -0.39 is 0 Å². The Bertz CT molecular complexity index is 361. The molecule has 2 N–H and O–H groups in total. The molecule has 0 spiro atoms. The van der Waals surface area contributed by atoms with Crippen LogP contribution in [0.2, 0.25) is 0 Å². The maximum atomic E-state index is 9.79. The Balaban J connectivity index is 2.52. The van der Waals surface area contributed by atoms with Crippen LogP contribution in [0, 0.1) is 5.41 Å². The maximum absolute atomic E-state index is 9.79. The summed E-state index contributed by atoms with van der Waals surface area (Å²) in [5.74, 6) is 0.964. The summed E-state index contributed by atoms with van der Waals surface area (Å²) >= 11 is 0. The first-order valence-corrected chi connectivity index (χ1v) is 6.05. The molecule has 0 aliphatic heterocycles. The average Bonchev–Trinajstić information content (AvgIpc) is 2.31. The minimum atomic E-state index is 0.283. The van der Waals surface area contributed by atoms with Crippen molar-refractivity contribution in [1.82, 2.24) is 5.32 Å². The van der Waals surface area contributed by atoms with E-state index in [0.717, 1.165) is 18.5 Å². The third-order valence-corrected chi connectivity index (χ3v) is 3.17. The van der Waals surface area contributed by atoms with Crippen LogP contribution in [0.1, 0.15) is 32.8 Å². The third-order valence-electron chi connectivity index (χ3n) is 3.17. The summed E-state index contributed by atoms with van der Waals surface area (Å²) in [5.41, 5.74) is 1.19. The minimum Gasteiger partial charge on any atom is -0.507 e. The molecule has 1 aromatic rings. The van der Waals surface area contributed by atoms with Crippen molar-refractivity contribution in [2.24, 2.45) is 5.41 Å². The Morgan fingerprint density at radius 3 is 2.59 bits per heavy atom. The Hall–Kier alpha value is -1.22. The molecule has 17 heavy (non-hydrogen) atoms. The number of benzene rings is 1. The predicted octanol–water partition coefficient (Wildman–Crippen LogP) is 2.93. The van der Waals surface area contributed by atoms with Gasteiger partial charge < -0.3 is 15.2 Å². The Morgan fingerprint density at radius 2 is 2.06 bits per heavy atom. The number of phenolic OH excluding ortho intramolecular Hbond substituents is 1. The summed E-state index contributed by atoms with van der Waals surface area (Å²) < 4.78 is 5.05. The van der Waals surface area contributed by atoms with Crippen molar-refractivity contribution in [2.75, 3.05) is 13.7 Å². The van der Waals surface area contributed by atoms with Crippen molar-refractivity contribution in [2.45, 2.75) is 33.7 Å². The lowest BCUT2D eigenvalue weighted by Gasteiger charge is -2.23. The van der Waals surface area contributed by atoms with Gasteiger partial charge >= 0.3 is 0 Å². The lowest BCUT2D eigenvalue weighted by molar-refractivity contribution is 0.326. The van der Waals surface area contributed by atoms with Gasteiger partial charge in [0.1, 0.15) is 11.5 Å². The van der Waals surface area contributed by atoms with Gasteiger partial charge in [0.2, 0.25) is 0 Å². The summed E-state index contributed by atoms with van der Waals surface area (Å²) in [4.78, 5) is 0. The smallest absolute Gasteiger partial charge is 0.123 e. The molecule has 0 bridgehead atoms. The monoisotopic (exact) mass is 237 g/mol. The molecular formula is C14H23NO2. The number of aromatic hydroxyl groups is 1. The third kappa shape index (κ3) is 4.27. The molecule has 0 aliphatic rings. The van der Waals surface area contributed by atoms with Gasteiger partial charge in [0.25, 0.3) is 0 Å². The van der Waals surface area contributed by atoms with Crippen molar-refractivity contribution in [3.63, 3.8) is 0 Å². The molecule has 3 nitrogen and oxygen atoms in total. The Kier molecular flexibility index (Phi) is 4.82. The summed E-state index contributed by atoms with van der Waals surface area (Å²) in [6, 6.07) is 5.39. The first-order chi connectivity index (χ1) is 7.98. The van der Waals surface area contributed by atoms with Crippen molar-refractivity contribution in [3.8, 4) is 11.5 Å². The largest absolute Gasteiger partial charge is 0.507 e. The van der Waals surface area contributed by atoms with Crippen LogP contribution >= 0.6 is 0 Å². The predicted molar refractivity (Wildman–Crippen MR) is 70.4 cm³/mol. The summed E-state index contributed by atoms with van der Waals surface area (Å²) in [5, 5.41) is 13.2. The zero-order valence-electron chi connectivity index (χ0n) is 11.2. The molecule has 0 atom stereocenters. The number of rotatable bonds is 6. The summed E-state index contributed by atoms with van der Waals surface area (Å²) in [6.07, 6.45) is 1.13. The number of methoxy groups -OCH3 is 1. The van der Waals surface area contributed by atoms with E-state index in [1.54, 1.807) is 13.2 Å². The SMILES string of the molecule is CCC(C)(C)CNCc1ccc(OC)cc1O. The molecule has 0 saturated carbocycles. The number of hydrogen-bond donors (Lipinski definition) is 2. The van der Waals surface area contributed by atoms with E-state index in [-0.39, 0.29) is 5.75 Å². The van der Waals surface area contributed by atoms with Crippen LogP contribution < -0.4 is 10.1 Å². The van der Waals surface area contributed by atoms with Gasteiger partial charge in [-0.15, -0.1) is 0 Å². The fourth-order valence-corrected chi connectivity index (χ4v) is 1.48. The highest BCUT2D eigenvalue weighted by Gasteiger charge is 2.14. The van der Waals surface area contributed by atoms with E-state index in [4.69, 9.17) is 4.74 Å². The molecule has 3 heteroatoms. The van der Waals surface area contributed by atoms with Crippen LogP contribution in [0.3, 0.4) is 0 Å². The number of nitrogens with one attached hydrogen (secondary N) is 1. The second-order valence-corrected chi connectivity index (χ2v) is 5.12. The fraction of sp³-hybridized carbons (Fsp3) is 0.571. The Labute approximate surface area is 104 Å². The summed E-state index contributed by atoms with van der Waals surface area (Å²) in [6.45, 7) is 8.27. The topological polar surface area (TPSA) is 41.5 Å². The van der Waals surface area contributed by atoms with Gasteiger partial charge in [-0.1, -0.05) is 26.8 Å². The molecule has 0 fully saturated rings. The number of phenols is 1. The van der Waals surface area contributed by atoms with Crippen molar-refractivity contribution < 1.29 is 9.84 Å². The highest BCUT2D eigenvalue weighted by atomic mass is 16.5. The molecular weight excluding hydrogens is 214 g/mol. The maximum Gasteiger partial charge on any atom is 0.123 e. The second kappa shape index (κ2) is 5.92. The zero-order chi connectivity index (χ0) is 12.9. The van der Waals surface area contributed by atoms with Gasteiger partial charge in [-0.25, -0.2) is 0 Å². The zero-order valence-corrected chi connectivity index (χ0v) is 11.2. The average molecular weight is 237 g/mol. The molecule has 0 amide bonds. The number of hydrogen-bond acceptors (Lipinski definition) is 3. The van der Waals surface area contributed by atoms with E-state index in [1.807, 2.05) is 12.1 Å². The second-order valence-electron chi connectivity index (χ2n) is 5.12. The first kappa shape index (κ1) is 13.8. The van der Waals surface area contributed by atoms with Gasteiger partial charge in [-0.3, -0.25) is 0 Å². The van der Waals surface area contributed by atoms with Crippen LogP contribution in [0.4, 0.5) is 0 Å². The minimum absolute atomic E-state index is 0.283. The van der Waals surface area contributed by atoms with Crippen LogP contribution in [0.5, 0.6) is 11.5 Å². The highest BCUT2D eigenvalue weighted by molar-refractivity contribution is 5.39. The molecule has 0 heterocycles. The highest BCUT2D eigenvalue weighted by Crippen LogP contribution is 2.24. The van der Waals surface area contributed by atoms with Gasteiger partial charge in [-0.2, -0.15) is 0 Å².